The van der Waals surface area contributed by atoms with E-state index in [-0.39, 0.29) is 11.9 Å². The van der Waals surface area contributed by atoms with Gasteiger partial charge in [0.05, 0.1) is 18.3 Å². The maximum Gasteiger partial charge on any atom is 0.248 e. The largest absolute Gasteiger partial charge is 0.346 e. The molecule has 1 heterocycles. The maximum atomic E-state index is 12.8. The Morgan fingerprint density at radius 3 is 2.70 bits per heavy atom. The Kier molecular flexibility index (Phi) is 4.70. The summed E-state index contributed by atoms with van der Waals surface area (Å²) in [4.78, 5) is 29.2. The zero-order chi connectivity index (χ0) is 20.7. The number of benzene rings is 2. The van der Waals surface area contributed by atoms with Gasteiger partial charge in [0.15, 0.2) is 0 Å². The van der Waals surface area contributed by atoms with E-state index in [1.807, 2.05) is 49.4 Å². The molecule has 1 aliphatic heterocycles. The number of Topliss-reactive ketones (excluding diaryl/α,β-unsaturated/α-hetero) is 1. The Labute approximate surface area is 176 Å². The number of amides is 1. The molecular weight excluding hydrogens is 372 g/mol. The molecule has 0 bridgehead atoms. The van der Waals surface area contributed by atoms with Crippen LogP contribution in [0.3, 0.4) is 0 Å². The van der Waals surface area contributed by atoms with Crippen LogP contribution in [0.4, 0.5) is 0 Å². The van der Waals surface area contributed by atoms with Gasteiger partial charge in [-0.25, -0.2) is 0 Å². The molecule has 0 saturated carbocycles. The summed E-state index contributed by atoms with van der Waals surface area (Å²) in [6, 6.07) is 14.4. The third-order valence-corrected chi connectivity index (χ3v) is 6.23. The van der Waals surface area contributed by atoms with Gasteiger partial charge in [-0.1, -0.05) is 42.5 Å². The Morgan fingerprint density at radius 2 is 1.93 bits per heavy atom. The summed E-state index contributed by atoms with van der Waals surface area (Å²) < 4.78 is 0. The molecule has 30 heavy (non-hydrogen) atoms. The van der Waals surface area contributed by atoms with E-state index < -0.39 is 0 Å². The van der Waals surface area contributed by atoms with Gasteiger partial charge >= 0.3 is 0 Å². The lowest BCUT2D eigenvalue weighted by Gasteiger charge is -2.14. The molecule has 1 atom stereocenters. The lowest BCUT2D eigenvalue weighted by Crippen LogP contribution is -2.28. The number of rotatable bonds is 4. The van der Waals surface area contributed by atoms with Crippen molar-refractivity contribution in [1.82, 2.24) is 5.32 Å². The fourth-order valence-corrected chi connectivity index (χ4v) is 4.51. The highest BCUT2D eigenvalue weighted by molar-refractivity contribution is 6.16. The molecule has 2 aliphatic carbocycles. The fraction of sp³-hybridized carbons (Fsp3) is 0.269. The molecule has 2 aromatic carbocycles. The van der Waals surface area contributed by atoms with Crippen LogP contribution in [0.25, 0.3) is 6.08 Å². The zero-order valence-corrected chi connectivity index (χ0v) is 17.1. The van der Waals surface area contributed by atoms with Crippen molar-refractivity contribution in [3.05, 3.63) is 87.5 Å². The summed E-state index contributed by atoms with van der Waals surface area (Å²) in [6.45, 7) is 2.69. The third-order valence-electron chi connectivity index (χ3n) is 6.23. The van der Waals surface area contributed by atoms with E-state index in [9.17, 15) is 9.59 Å². The normalized spacial score (nSPS) is 18.2. The minimum Gasteiger partial charge on any atom is -0.346 e. The number of carbonyl (C=O) groups is 2. The van der Waals surface area contributed by atoms with Gasteiger partial charge in [-0.3, -0.25) is 14.6 Å². The van der Waals surface area contributed by atoms with Gasteiger partial charge in [-0.2, -0.15) is 0 Å². The van der Waals surface area contributed by atoms with E-state index in [1.165, 1.54) is 16.7 Å². The lowest BCUT2D eigenvalue weighted by molar-refractivity contribution is -0.119. The van der Waals surface area contributed by atoms with Gasteiger partial charge in [0.25, 0.3) is 0 Å². The average molecular weight is 396 g/mol. The molecule has 1 N–H and O–H groups in total. The quantitative estimate of drug-likeness (QED) is 0.828. The SMILES string of the molecule is C[C@@H](NC(=O)C1=Cc2cc3c(cc2C1)CN=C3C1=CCC(=O)CC1)c1ccccc1. The number of nitrogens with zero attached hydrogens (tertiary/aromatic N) is 1. The van der Waals surface area contributed by atoms with Gasteiger partial charge in [0.2, 0.25) is 5.91 Å². The van der Waals surface area contributed by atoms with E-state index >= 15 is 0 Å². The zero-order valence-electron chi connectivity index (χ0n) is 17.1. The van der Waals surface area contributed by atoms with Gasteiger partial charge < -0.3 is 5.32 Å². The summed E-state index contributed by atoms with van der Waals surface area (Å²) in [5.74, 6) is 0.292. The van der Waals surface area contributed by atoms with Crippen LogP contribution in [0.2, 0.25) is 0 Å². The summed E-state index contributed by atoms with van der Waals surface area (Å²) >= 11 is 0. The molecule has 0 spiro atoms. The van der Waals surface area contributed by atoms with Crippen LogP contribution in [0.15, 0.2) is 64.7 Å². The van der Waals surface area contributed by atoms with Crippen molar-refractivity contribution in [2.75, 3.05) is 0 Å². The number of allylic oxidation sites excluding steroid dienone is 2. The first-order chi connectivity index (χ1) is 14.6. The smallest absolute Gasteiger partial charge is 0.248 e. The van der Waals surface area contributed by atoms with Crippen molar-refractivity contribution in [3.63, 3.8) is 0 Å². The molecule has 2 aromatic rings. The minimum absolute atomic E-state index is 0.00916. The monoisotopic (exact) mass is 396 g/mol. The Bertz CT molecular complexity index is 1140. The van der Waals surface area contributed by atoms with E-state index in [1.54, 1.807) is 0 Å². The number of nitrogens with one attached hydrogen (secondary N) is 1. The molecule has 0 saturated heterocycles. The first-order valence-corrected chi connectivity index (χ1v) is 10.6. The second-order valence-electron chi connectivity index (χ2n) is 8.30. The second-order valence-corrected chi connectivity index (χ2v) is 8.30. The predicted molar refractivity (Wildman–Crippen MR) is 118 cm³/mol. The van der Waals surface area contributed by atoms with E-state index in [0.29, 0.717) is 31.6 Å². The minimum atomic E-state index is -0.0343. The Hall–Kier alpha value is -3.27. The number of aliphatic imine (C=N–C) groups is 1. The summed E-state index contributed by atoms with van der Waals surface area (Å²) in [5, 5.41) is 3.12. The van der Waals surface area contributed by atoms with Crippen LogP contribution < -0.4 is 5.32 Å². The Balaban J connectivity index is 1.35. The molecule has 4 nitrogen and oxygen atoms in total. The molecule has 0 unspecified atom stereocenters. The highest BCUT2D eigenvalue weighted by Crippen LogP contribution is 2.34. The van der Waals surface area contributed by atoms with Gasteiger partial charge in [0.1, 0.15) is 5.78 Å². The van der Waals surface area contributed by atoms with Crippen LogP contribution in [0.5, 0.6) is 0 Å². The van der Waals surface area contributed by atoms with Gasteiger partial charge in [-0.05, 0) is 53.3 Å². The summed E-state index contributed by atoms with van der Waals surface area (Å²) in [6.07, 6.45) is 6.59. The highest BCUT2D eigenvalue weighted by atomic mass is 16.1. The van der Waals surface area contributed by atoms with Crippen molar-refractivity contribution in [2.24, 2.45) is 4.99 Å². The van der Waals surface area contributed by atoms with Crippen LogP contribution >= 0.6 is 0 Å². The van der Waals surface area contributed by atoms with Gasteiger partial charge in [0, 0.05) is 30.4 Å². The van der Waals surface area contributed by atoms with Crippen LogP contribution in [-0.4, -0.2) is 17.4 Å². The predicted octanol–water partition coefficient (Wildman–Crippen LogP) is 4.49. The molecule has 0 fully saturated rings. The summed E-state index contributed by atoms with van der Waals surface area (Å²) in [7, 11) is 0. The standard InChI is InChI=1S/C26H24N2O2/c1-16(17-5-3-2-4-6-17)28-26(30)21-11-19-13-22-15-27-25(24(22)14-20(19)12-21)18-7-9-23(29)10-8-18/h2-7,12-14,16H,8-11,15H2,1H3,(H,28,30)/t16-/m1/s1. The molecule has 5 rings (SSSR count). The lowest BCUT2D eigenvalue weighted by atomic mass is 9.90. The average Bonchev–Trinajstić information content (AvgIpc) is 3.37. The first kappa shape index (κ1) is 18.7. The number of hydrogen-bond acceptors (Lipinski definition) is 3. The van der Waals surface area contributed by atoms with Crippen LogP contribution in [0.1, 0.15) is 60.0 Å². The van der Waals surface area contributed by atoms with E-state index in [2.05, 4.69) is 17.4 Å². The molecule has 4 heteroatoms. The third kappa shape index (κ3) is 3.43. The Morgan fingerprint density at radius 1 is 1.10 bits per heavy atom. The number of hydrogen-bond donors (Lipinski definition) is 1. The molecule has 1 amide bonds. The van der Waals surface area contributed by atoms with Crippen molar-refractivity contribution >= 4 is 23.5 Å². The topological polar surface area (TPSA) is 58.5 Å². The molecule has 150 valence electrons. The molecular formula is C26H24N2O2. The van der Waals surface area contributed by atoms with E-state index in [4.69, 9.17) is 4.99 Å². The maximum absolute atomic E-state index is 12.8. The number of ketones is 1. The summed E-state index contributed by atoms with van der Waals surface area (Å²) in [5.41, 5.74) is 8.79. The van der Waals surface area contributed by atoms with Crippen molar-refractivity contribution in [1.29, 1.82) is 0 Å². The molecule has 0 aromatic heterocycles. The van der Waals surface area contributed by atoms with Crippen LogP contribution in [-0.2, 0) is 22.6 Å². The van der Waals surface area contributed by atoms with E-state index in [0.717, 1.165) is 34.4 Å². The van der Waals surface area contributed by atoms with Crippen LogP contribution in [0, 0.1) is 0 Å². The first-order valence-electron chi connectivity index (χ1n) is 10.6. The second kappa shape index (κ2) is 7.52. The molecule has 3 aliphatic rings. The van der Waals surface area contributed by atoms with Gasteiger partial charge in [-0.15, -0.1) is 0 Å². The van der Waals surface area contributed by atoms with Crippen molar-refractivity contribution < 1.29 is 9.59 Å². The van der Waals surface area contributed by atoms with Crippen molar-refractivity contribution in [2.45, 2.75) is 45.2 Å². The molecule has 0 radical (unpaired) electrons. The highest BCUT2D eigenvalue weighted by Gasteiger charge is 2.26. The van der Waals surface area contributed by atoms with Crippen molar-refractivity contribution in [3.8, 4) is 0 Å². The fourth-order valence-electron chi connectivity index (χ4n) is 4.51. The number of fused-ring (bicyclic) bond motifs is 2. The number of carbonyl (C=O) groups excluding carboxylic acids is 2.